The maximum absolute atomic E-state index is 12.8. The van der Waals surface area contributed by atoms with Gasteiger partial charge in [-0.3, -0.25) is 9.63 Å². The Labute approximate surface area is 150 Å². The molecule has 0 aliphatic heterocycles. The highest BCUT2D eigenvalue weighted by Gasteiger charge is 2.29. The van der Waals surface area contributed by atoms with Crippen molar-refractivity contribution in [1.82, 2.24) is 15.3 Å². The first-order chi connectivity index (χ1) is 12.0. The molecule has 1 N–H and O–H groups in total. The molecule has 1 aromatic rings. The Morgan fingerprint density at radius 1 is 1.32 bits per heavy atom. The third kappa shape index (κ3) is 4.72. The Morgan fingerprint density at radius 2 is 2.00 bits per heavy atom. The van der Waals surface area contributed by atoms with E-state index in [-0.39, 0.29) is 18.0 Å². The zero-order valence-corrected chi connectivity index (χ0v) is 15.6. The van der Waals surface area contributed by atoms with Gasteiger partial charge in [0.05, 0.1) is 7.11 Å². The standard InChI is InChI=1S/C19H29N3O3/c1-5-12-22(19(24)20-14(2)18(23)21(3)25-4)17-11-10-15-8-6-7-9-16(15)13-17/h6-9,14,17H,5,10-13H2,1-4H3,(H,20,24)/t14-,17?/m0/s1. The van der Waals surface area contributed by atoms with E-state index in [0.29, 0.717) is 6.54 Å². The minimum atomic E-state index is -0.632. The van der Waals surface area contributed by atoms with Gasteiger partial charge in [0.1, 0.15) is 6.04 Å². The van der Waals surface area contributed by atoms with Gasteiger partial charge in [0, 0.05) is 19.6 Å². The summed E-state index contributed by atoms with van der Waals surface area (Å²) in [7, 11) is 2.96. The first-order valence-electron chi connectivity index (χ1n) is 8.93. The minimum absolute atomic E-state index is 0.164. The molecule has 138 valence electrons. The number of rotatable bonds is 6. The molecular formula is C19H29N3O3. The molecule has 6 nitrogen and oxygen atoms in total. The van der Waals surface area contributed by atoms with Crippen LogP contribution in [0.4, 0.5) is 4.79 Å². The van der Waals surface area contributed by atoms with Crippen molar-refractivity contribution in [3.8, 4) is 0 Å². The highest BCUT2D eigenvalue weighted by Crippen LogP contribution is 2.24. The van der Waals surface area contributed by atoms with E-state index in [4.69, 9.17) is 4.84 Å². The normalized spacial score (nSPS) is 17.4. The van der Waals surface area contributed by atoms with Gasteiger partial charge in [-0.1, -0.05) is 31.2 Å². The van der Waals surface area contributed by atoms with Crippen LogP contribution in [0.15, 0.2) is 24.3 Å². The highest BCUT2D eigenvalue weighted by molar-refractivity contribution is 5.86. The molecule has 0 aromatic heterocycles. The van der Waals surface area contributed by atoms with Crippen molar-refractivity contribution in [2.24, 2.45) is 0 Å². The van der Waals surface area contributed by atoms with Crippen molar-refractivity contribution in [3.63, 3.8) is 0 Å². The molecule has 2 rings (SSSR count). The number of benzene rings is 1. The second kappa shape index (κ2) is 8.85. The van der Waals surface area contributed by atoms with Gasteiger partial charge in [-0.25, -0.2) is 9.86 Å². The largest absolute Gasteiger partial charge is 0.326 e. The molecule has 2 atom stereocenters. The molecule has 0 heterocycles. The number of likely N-dealkylation sites (N-methyl/N-ethyl adjacent to an activating group) is 1. The molecule has 3 amide bonds. The van der Waals surface area contributed by atoms with E-state index < -0.39 is 6.04 Å². The number of nitrogens with zero attached hydrogens (tertiary/aromatic N) is 2. The number of hydroxylamine groups is 2. The summed E-state index contributed by atoms with van der Waals surface area (Å²) >= 11 is 0. The molecule has 0 radical (unpaired) electrons. The maximum Gasteiger partial charge on any atom is 0.318 e. The first kappa shape index (κ1) is 19.2. The lowest BCUT2D eigenvalue weighted by atomic mass is 9.87. The van der Waals surface area contributed by atoms with Crippen LogP contribution in [0.25, 0.3) is 0 Å². The summed E-state index contributed by atoms with van der Waals surface area (Å²) in [5.41, 5.74) is 2.69. The van der Waals surface area contributed by atoms with Crippen LogP contribution in [0.1, 0.15) is 37.8 Å². The summed E-state index contributed by atoms with van der Waals surface area (Å²) in [5.74, 6) is -0.277. The number of aryl methyl sites for hydroxylation is 1. The molecular weight excluding hydrogens is 318 g/mol. The van der Waals surface area contributed by atoms with Crippen molar-refractivity contribution in [2.45, 2.75) is 51.6 Å². The summed E-state index contributed by atoms with van der Waals surface area (Å²) in [5, 5.41) is 3.95. The van der Waals surface area contributed by atoms with Gasteiger partial charge >= 0.3 is 6.03 Å². The Bertz CT molecular complexity index is 605. The Kier molecular flexibility index (Phi) is 6.82. The van der Waals surface area contributed by atoms with Crippen LogP contribution in [-0.4, -0.2) is 54.7 Å². The predicted octanol–water partition coefficient (Wildman–Crippen LogP) is 2.37. The number of nitrogens with one attached hydrogen (secondary N) is 1. The molecule has 0 bridgehead atoms. The van der Waals surface area contributed by atoms with Gasteiger partial charge < -0.3 is 10.2 Å². The fraction of sp³-hybridized carbons (Fsp3) is 0.579. The summed E-state index contributed by atoms with van der Waals surface area (Å²) < 4.78 is 0. The van der Waals surface area contributed by atoms with Gasteiger partial charge in [-0.05, 0) is 43.7 Å². The molecule has 1 aromatic carbocycles. The van der Waals surface area contributed by atoms with Crippen LogP contribution < -0.4 is 5.32 Å². The Hall–Kier alpha value is -2.08. The lowest BCUT2D eigenvalue weighted by Gasteiger charge is -2.36. The van der Waals surface area contributed by atoms with E-state index in [0.717, 1.165) is 30.7 Å². The molecule has 0 fully saturated rings. The van der Waals surface area contributed by atoms with Crippen LogP contribution in [-0.2, 0) is 22.5 Å². The fourth-order valence-electron chi connectivity index (χ4n) is 3.33. The van der Waals surface area contributed by atoms with E-state index >= 15 is 0 Å². The average molecular weight is 347 g/mol. The van der Waals surface area contributed by atoms with E-state index in [9.17, 15) is 9.59 Å². The lowest BCUT2D eigenvalue weighted by molar-refractivity contribution is -0.170. The topological polar surface area (TPSA) is 61.9 Å². The van der Waals surface area contributed by atoms with Crippen LogP contribution in [0, 0.1) is 0 Å². The van der Waals surface area contributed by atoms with Gasteiger partial charge in [0.2, 0.25) is 0 Å². The number of carbonyl (C=O) groups excluding carboxylic acids is 2. The highest BCUT2D eigenvalue weighted by atomic mass is 16.7. The number of amides is 3. The SMILES string of the molecule is CCCN(C(=O)N[C@@H](C)C(=O)N(C)OC)C1CCc2ccccc2C1. The smallest absolute Gasteiger partial charge is 0.318 e. The van der Waals surface area contributed by atoms with Crippen molar-refractivity contribution in [3.05, 3.63) is 35.4 Å². The summed E-state index contributed by atoms with van der Waals surface area (Å²) in [6.07, 6.45) is 3.68. The van der Waals surface area contributed by atoms with Crippen molar-refractivity contribution < 1.29 is 14.4 Å². The Balaban J connectivity index is 2.05. The zero-order valence-electron chi connectivity index (χ0n) is 15.6. The van der Waals surface area contributed by atoms with Crippen LogP contribution >= 0.6 is 0 Å². The van der Waals surface area contributed by atoms with Gasteiger partial charge in [0.25, 0.3) is 5.91 Å². The third-order valence-corrected chi connectivity index (χ3v) is 4.78. The molecule has 25 heavy (non-hydrogen) atoms. The number of urea groups is 1. The van der Waals surface area contributed by atoms with Crippen LogP contribution in [0.5, 0.6) is 0 Å². The second-order valence-corrected chi connectivity index (χ2v) is 6.55. The van der Waals surface area contributed by atoms with Crippen LogP contribution in [0.2, 0.25) is 0 Å². The molecule has 6 heteroatoms. The minimum Gasteiger partial charge on any atom is -0.326 e. The first-order valence-corrected chi connectivity index (χ1v) is 8.93. The summed E-state index contributed by atoms with van der Waals surface area (Å²) in [6.45, 7) is 4.42. The molecule has 0 spiro atoms. The third-order valence-electron chi connectivity index (χ3n) is 4.78. The Morgan fingerprint density at radius 3 is 2.64 bits per heavy atom. The predicted molar refractivity (Wildman–Crippen MR) is 97.0 cm³/mol. The maximum atomic E-state index is 12.8. The lowest BCUT2D eigenvalue weighted by Crippen LogP contribution is -2.53. The number of hydrogen-bond acceptors (Lipinski definition) is 3. The van der Waals surface area contributed by atoms with Crippen molar-refractivity contribution >= 4 is 11.9 Å². The van der Waals surface area contributed by atoms with E-state index in [1.807, 2.05) is 11.0 Å². The fourth-order valence-corrected chi connectivity index (χ4v) is 3.33. The van der Waals surface area contributed by atoms with Gasteiger partial charge in [-0.15, -0.1) is 0 Å². The molecule has 1 aliphatic rings. The molecule has 0 saturated carbocycles. The number of hydrogen-bond donors (Lipinski definition) is 1. The van der Waals surface area contributed by atoms with Gasteiger partial charge in [0.15, 0.2) is 0 Å². The average Bonchev–Trinajstić information content (AvgIpc) is 2.64. The second-order valence-electron chi connectivity index (χ2n) is 6.55. The number of fused-ring (bicyclic) bond motifs is 1. The van der Waals surface area contributed by atoms with E-state index in [1.54, 1.807) is 6.92 Å². The molecule has 1 unspecified atom stereocenters. The quantitative estimate of drug-likeness (QED) is 0.804. The van der Waals surface area contributed by atoms with Crippen molar-refractivity contribution in [2.75, 3.05) is 20.7 Å². The monoisotopic (exact) mass is 347 g/mol. The van der Waals surface area contributed by atoms with E-state index in [2.05, 4.69) is 30.4 Å². The number of carbonyl (C=O) groups is 2. The molecule has 0 saturated heterocycles. The van der Waals surface area contributed by atoms with Crippen molar-refractivity contribution in [1.29, 1.82) is 0 Å². The van der Waals surface area contributed by atoms with Crippen LogP contribution in [0.3, 0.4) is 0 Å². The summed E-state index contributed by atoms with van der Waals surface area (Å²) in [6, 6.07) is 7.77. The zero-order chi connectivity index (χ0) is 18.4. The summed E-state index contributed by atoms with van der Waals surface area (Å²) in [4.78, 5) is 31.6. The van der Waals surface area contributed by atoms with E-state index in [1.165, 1.54) is 25.3 Å². The molecule has 1 aliphatic carbocycles. The van der Waals surface area contributed by atoms with Gasteiger partial charge in [-0.2, -0.15) is 0 Å².